The lowest BCUT2D eigenvalue weighted by atomic mass is 9.97. The molecule has 0 aliphatic rings. The number of carboxylic acid groups (broad SMARTS) is 1. The molecule has 0 rings (SSSR count). The van der Waals surface area contributed by atoms with Gasteiger partial charge in [0.25, 0.3) is 0 Å². The van der Waals surface area contributed by atoms with Crippen LogP contribution in [0.5, 0.6) is 0 Å². The van der Waals surface area contributed by atoms with Crippen LogP contribution in [0.3, 0.4) is 0 Å². The van der Waals surface area contributed by atoms with E-state index in [1.54, 1.807) is 0 Å². The Labute approximate surface area is 108 Å². The number of nitrogens with one attached hydrogen (secondary N) is 1. The van der Waals surface area contributed by atoms with Gasteiger partial charge in [0.15, 0.2) is 9.84 Å². The molecule has 0 aromatic heterocycles. The summed E-state index contributed by atoms with van der Waals surface area (Å²) in [6, 6.07) is 0. The topological polar surface area (TPSA) is 101 Å². The monoisotopic (exact) mass is 279 g/mol. The number of aliphatic carboxylic acids is 1. The molecule has 0 bridgehead atoms. The fourth-order valence-electron chi connectivity index (χ4n) is 1.40. The molecule has 2 atom stereocenters. The second-order valence-corrected chi connectivity index (χ2v) is 7.25. The first-order valence-electron chi connectivity index (χ1n) is 5.75. The zero-order chi connectivity index (χ0) is 14.5. The van der Waals surface area contributed by atoms with Crippen molar-refractivity contribution >= 4 is 21.7 Å². The molecule has 6 nitrogen and oxygen atoms in total. The van der Waals surface area contributed by atoms with Crippen LogP contribution in [0.2, 0.25) is 0 Å². The maximum absolute atomic E-state index is 11.5. The van der Waals surface area contributed by atoms with Crippen molar-refractivity contribution in [3.63, 3.8) is 0 Å². The van der Waals surface area contributed by atoms with E-state index in [1.165, 1.54) is 6.92 Å². The number of sulfone groups is 1. The predicted octanol–water partition coefficient (Wildman–Crippen LogP) is 0.283. The van der Waals surface area contributed by atoms with Crippen LogP contribution in [0.1, 0.15) is 27.2 Å². The van der Waals surface area contributed by atoms with Gasteiger partial charge in [0.1, 0.15) is 5.25 Å². The third-order valence-electron chi connectivity index (χ3n) is 2.64. The van der Waals surface area contributed by atoms with Crippen molar-refractivity contribution in [2.75, 3.05) is 12.8 Å². The molecule has 0 aliphatic carbocycles. The highest BCUT2D eigenvalue weighted by molar-refractivity contribution is 7.92. The van der Waals surface area contributed by atoms with Crippen LogP contribution in [-0.4, -0.2) is 43.5 Å². The molecular formula is C11H21NO5S. The minimum atomic E-state index is -3.45. The smallest absolute Gasteiger partial charge is 0.308 e. The Kier molecular flexibility index (Phi) is 6.31. The van der Waals surface area contributed by atoms with Gasteiger partial charge in [-0.15, -0.1) is 0 Å². The zero-order valence-electron chi connectivity index (χ0n) is 11.1. The van der Waals surface area contributed by atoms with E-state index in [4.69, 9.17) is 5.11 Å². The van der Waals surface area contributed by atoms with Gasteiger partial charge in [-0.05, 0) is 19.3 Å². The fraction of sp³-hybridized carbons (Fsp3) is 0.818. The van der Waals surface area contributed by atoms with Gasteiger partial charge in [0, 0.05) is 12.8 Å². The molecule has 0 fully saturated rings. The SMILES string of the molecule is CC(C)CC(CNC(=O)C(C)S(C)(=O)=O)C(=O)O. The number of carboxylic acids is 1. The highest BCUT2D eigenvalue weighted by Crippen LogP contribution is 2.11. The van der Waals surface area contributed by atoms with Gasteiger partial charge < -0.3 is 10.4 Å². The average molecular weight is 279 g/mol. The van der Waals surface area contributed by atoms with E-state index in [1.807, 2.05) is 13.8 Å². The summed E-state index contributed by atoms with van der Waals surface area (Å²) in [6.45, 7) is 5.00. The van der Waals surface area contributed by atoms with E-state index >= 15 is 0 Å². The van der Waals surface area contributed by atoms with Crippen LogP contribution < -0.4 is 5.32 Å². The number of carbonyl (C=O) groups is 2. The zero-order valence-corrected chi connectivity index (χ0v) is 12.0. The van der Waals surface area contributed by atoms with Gasteiger partial charge in [-0.2, -0.15) is 0 Å². The molecule has 0 saturated carbocycles. The average Bonchev–Trinajstić information content (AvgIpc) is 2.20. The van der Waals surface area contributed by atoms with Crippen molar-refractivity contribution in [2.45, 2.75) is 32.4 Å². The second kappa shape index (κ2) is 6.72. The lowest BCUT2D eigenvalue weighted by Crippen LogP contribution is -2.41. The molecule has 106 valence electrons. The van der Waals surface area contributed by atoms with Gasteiger partial charge in [0.2, 0.25) is 5.91 Å². The van der Waals surface area contributed by atoms with Crippen LogP contribution in [0, 0.1) is 11.8 Å². The van der Waals surface area contributed by atoms with Gasteiger partial charge in [-0.3, -0.25) is 9.59 Å². The summed E-state index contributed by atoms with van der Waals surface area (Å²) in [7, 11) is -3.45. The van der Waals surface area contributed by atoms with Gasteiger partial charge in [0.05, 0.1) is 5.92 Å². The summed E-state index contributed by atoms with van der Waals surface area (Å²) in [5.41, 5.74) is 0. The van der Waals surface area contributed by atoms with Crippen molar-refractivity contribution in [2.24, 2.45) is 11.8 Å². The maximum Gasteiger partial charge on any atom is 0.308 e. The number of carbonyl (C=O) groups excluding carboxylic acids is 1. The predicted molar refractivity (Wildman–Crippen MR) is 67.9 cm³/mol. The Balaban J connectivity index is 4.45. The number of hydrogen-bond donors (Lipinski definition) is 2. The van der Waals surface area contributed by atoms with Gasteiger partial charge in [-0.1, -0.05) is 13.8 Å². The Morgan fingerprint density at radius 3 is 2.06 bits per heavy atom. The van der Waals surface area contributed by atoms with Crippen molar-refractivity contribution in [1.82, 2.24) is 5.32 Å². The lowest BCUT2D eigenvalue weighted by Gasteiger charge is -2.16. The van der Waals surface area contributed by atoms with Crippen molar-refractivity contribution in [1.29, 1.82) is 0 Å². The molecule has 2 N–H and O–H groups in total. The lowest BCUT2D eigenvalue weighted by molar-refractivity contribution is -0.142. The van der Waals surface area contributed by atoms with Crippen molar-refractivity contribution < 1.29 is 23.1 Å². The van der Waals surface area contributed by atoms with Crippen LogP contribution in [-0.2, 0) is 19.4 Å². The summed E-state index contributed by atoms with van der Waals surface area (Å²) in [5.74, 6) is -2.15. The Bertz CT molecular complexity index is 402. The summed E-state index contributed by atoms with van der Waals surface area (Å²) in [5, 5.41) is 10.2. The molecule has 0 aromatic rings. The van der Waals surface area contributed by atoms with E-state index in [0.29, 0.717) is 6.42 Å². The third-order valence-corrected chi connectivity index (χ3v) is 4.14. The molecule has 0 spiro atoms. The quantitative estimate of drug-likeness (QED) is 0.697. The molecule has 0 aromatic carbocycles. The van der Waals surface area contributed by atoms with E-state index in [9.17, 15) is 18.0 Å². The standard InChI is InChI=1S/C11H21NO5S/c1-7(2)5-9(11(14)15)6-12-10(13)8(3)18(4,16)17/h7-9H,5-6H2,1-4H3,(H,12,13)(H,14,15). The molecule has 1 amide bonds. The van der Waals surface area contributed by atoms with Crippen molar-refractivity contribution in [3.05, 3.63) is 0 Å². The molecular weight excluding hydrogens is 258 g/mol. The second-order valence-electron chi connectivity index (χ2n) is 4.88. The normalized spacial score (nSPS) is 15.2. The van der Waals surface area contributed by atoms with Crippen LogP contribution in [0.15, 0.2) is 0 Å². The number of rotatable bonds is 7. The summed E-state index contributed by atoms with van der Waals surface area (Å²) in [4.78, 5) is 22.5. The minimum Gasteiger partial charge on any atom is -0.481 e. The summed E-state index contributed by atoms with van der Waals surface area (Å²) < 4.78 is 22.3. The van der Waals surface area contributed by atoms with Crippen molar-refractivity contribution in [3.8, 4) is 0 Å². The van der Waals surface area contributed by atoms with Crippen LogP contribution in [0.25, 0.3) is 0 Å². The summed E-state index contributed by atoms with van der Waals surface area (Å²) in [6.07, 6.45) is 1.41. The van der Waals surface area contributed by atoms with E-state index < -0.39 is 32.9 Å². The first kappa shape index (κ1) is 16.9. The van der Waals surface area contributed by atoms with Crippen LogP contribution >= 0.6 is 0 Å². The molecule has 2 unspecified atom stereocenters. The molecule has 0 radical (unpaired) electrons. The third kappa shape index (κ3) is 6.00. The first-order valence-corrected chi connectivity index (χ1v) is 7.70. The highest BCUT2D eigenvalue weighted by Gasteiger charge is 2.25. The molecule has 0 saturated heterocycles. The molecule has 0 aliphatic heterocycles. The number of hydrogen-bond acceptors (Lipinski definition) is 4. The van der Waals surface area contributed by atoms with E-state index in [0.717, 1.165) is 6.26 Å². The first-order chi connectivity index (χ1) is 8.05. The van der Waals surface area contributed by atoms with Gasteiger partial charge >= 0.3 is 5.97 Å². The Hall–Kier alpha value is -1.11. The highest BCUT2D eigenvalue weighted by atomic mass is 32.2. The Morgan fingerprint density at radius 2 is 1.72 bits per heavy atom. The minimum absolute atomic E-state index is 0.0494. The maximum atomic E-state index is 11.5. The van der Waals surface area contributed by atoms with Crippen LogP contribution in [0.4, 0.5) is 0 Å². The molecule has 0 heterocycles. The molecule has 18 heavy (non-hydrogen) atoms. The summed E-state index contributed by atoms with van der Waals surface area (Å²) >= 11 is 0. The number of amides is 1. The van der Waals surface area contributed by atoms with E-state index in [-0.39, 0.29) is 12.5 Å². The largest absolute Gasteiger partial charge is 0.481 e. The fourth-order valence-corrected chi connectivity index (χ4v) is 1.87. The molecule has 7 heteroatoms. The van der Waals surface area contributed by atoms with E-state index in [2.05, 4.69) is 5.32 Å². The van der Waals surface area contributed by atoms with Gasteiger partial charge in [-0.25, -0.2) is 8.42 Å². The Morgan fingerprint density at radius 1 is 1.22 bits per heavy atom.